The zero-order valence-corrected chi connectivity index (χ0v) is 13.2. The molecule has 0 aliphatic carbocycles. The Morgan fingerprint density at radius 2 is 2.08 bits per heavy atom. The van der Waals surface area contributed by atoms with Gasteiger partial charge in [-0.2, -0.15) is 18.2 Å². The molecule has 2 aromatic rings. The molecular formula is C14H17F3N4O3. The van der Waals surface area contributed by atoms with Gasteiger partial charge < -0.3 is 13.8 Å². The zero-order chi connectivity index (χ0) is 17.3. The second-order valence-corrected chi connectivity index (χ2v) is 5.88. The van der Waals surface area contributed by atoms with E-state index < -0.39 is 12.0 Å². The molecule has 132 valence electrons. The second kappa shape index (κ2) is 6.52. The van der Waals surface area contributed by atoms with Crippen molar-refractivity contribution in [2.75, 3.05) is 20.2 Å². The lowest BCUT2D eigenvalue weighted by molar-refractivity contribution is -0.146. The lowest BCUT2D eigenvalue weighted by atomic mass is 10.0. The third-order valence-electron chi connectivity index (χ3n) is 3.98. The molecule has 0 unspecified atom stereocenters. The van der Waals surface area contributed by atoms with E-state index in [2.05, 4.69) is 19.8 Å². The average Bonchev–Trinajstić information content (AvgIpc) is 3.20. The minimum atomic E-state index is -4.60. The van der Waals surface area contributed by atoms with Gasteiger partial charge in [0.2, 0.25) is 5.89 Å². The van der Waals surface area contributed by atoms with Crippen molar-refractivity contribution in [3.05, 3.63) is 29.2 Å². The van der Waals surface area contributed by atoms with Crippen LogP contribution in [0.3, 0.4) is 0 Å². The van der Waals surface area contributed by atoms with Crippen molar-refractivity contribution in [3.8, 4) is 0 Å². The Labute approximate surface area is 135 Å². The van der Waals surface area contributed by atoms with Crippen molar-refractivity contribution in [3.63, 3.8) is 0 Å². The maximum atomic E-state index is 12.5. The molecule has 0 saturated carbocycles. The standard InChI is InChI=1S/C14H17F3N4O3/c1-8-3-10(23-19-8)4-9-5-21(6-11(9)22-2)7-12-18-13(20-24-12)14(15,16)17/h3,9,11H,4-7H2,1-2H3/t9-,11+/m1/s1. The van der Waals surface area contributed by atoms with Crippen LogP contribution in [0.15, 0.2) is 15.1 Å². The molecule has 1 fully saturated rings. The van der Waals surface area contributed by atoms with Crippen molar-refractivity contribution in [2.45, 2.75) is 32.2 Å². The van der Waals surface area contributed by atoms with Gasteiger partial charge in [-0.3, -0.25) is 4.90 Å². The summed E-state index contributed by atoms with van der Waals surface area (Å²) in [4.78, 5) is 5.32. The molecule has 0 aromatic carbocycles. The largest absolute Gasteiger partial charge is 0.455 e. The maximum absolute atomic E-state index is 12.5. The van der Waals surface area contributed by atoms with E-state index in [9.17, 15) is 13.2 Å². The van der Waals surface area contributed by atoms with Crippen LogP contribution in [-0.4, -0.2) is 46.5 Å². The summed E-state index contributed by atoms with van der Waals surface area (Å²) in [7, 11) is 1.61. The predicted octanol–water partition coefficient (Wildman–Crippen LogP) is 2.07. The fourth-order valence-electron chi connectivity index (χ4n) is 2.92. The Hall–Kier alpha value is -1.94. The fourth-order valence-corrected chi connectivity index (χ4v) is 2.92. The first-order chi connectivity index (χ1) is 11.3. The quantitative estimate of drug-likeness (QED) is 0.820. The van der Waals surface area contributed by atoms with Crippen LogP contribution in [0.5, 0.6) is 0 Å². The third kappa shape index (κ3) is 3.75. The van der Waals surface area contributed by atoms with E-state index in [4.69, 9.17) is 9.26 Å². The highest BCUT2D eigenvalue weighted by atomic mass is 19.4. The highest BCUT2D eigenvalue weighted by molar-refractivity contribution is 5.05. The van der Waals surface area contributed by atoms with Crippen molar-refractivity contribution >= 4 is 0 Å². The molecule has 0 radical (unpaired) electrons. The zero-order valence-electron chi connectivity index (χ0n) is 13.2. The molecule has 24 heavy (non-hydrogen) atoms. The van der Waals surface area contributed by atoms with Gasteiger partial charge in [0.25, 0.3) is 5.82 Å². The molecule has 1 aliphatic heterocycles. The minimum Gasteiger partial charge on any atom is -0.380 e. The Morgan fingerprint density at radius 1 is 1.29 bits per heavy atom. The molecule has 0 spiro atoms. The Kier molecular flexibility index (Phi) is 4.59. The van der Waals surface area contributed by atoms with Crippen LogP contribution in [0.1, 0.15) is 23.2 Å². The van der Waals surface area contributed by atoms with Crippen molar-refractivity contribution < 1.29 is 27.0 Å². The number of hydrogen-bond donors (Lipinski definition) is 0. The predicted molar refractivity (Wildman–Crippen MR) is 73.8 cm³/mol. The van der Waals surface area contributed by atoms with Crippen LogP contribution in [0, 0.1) is 12.8 Å². The number of hydrogen-bond acceptors (Lipinski definition) is 7. The van der Waals surface area contributed by atoms with E-state index >= 15 is 0 Å². The van der Waals surface area contributed by atoms with Gasteiger partial charge in [0.1, 0.15) is 5.76 Å². The molecule has 1 aliphatic rings. The van der Waals surface area contributed by atoms with Crippen LogP contribution in [0.4, 0.5) is 13.2 Å². The highest BCUT2D eigenvalue weighted by Gasteiger charge is 2.38. The Bertz CT molecular complexity index is 685. The number of ether oxygens (including phenoxy) is 1. The minimum absolute atomic E-state index is 0.0552. The summed E-state index contributed by atoms with van der Waals surface area (Å²) >= 11 is 0. The SMILES string of the molecule is CO[C@H]1CN(Cc2nc(C(F)(F)F)no2)C[C@H]1Cc1cc(C)no1. The van der Waals surface area contributed by atoms with E-state index in [0.29, 0.717) is 19.5 Å². The topological polar surface area (TPSA) is 77.4 Å². The van der Waals surface area contributed by atoms with E-state index in [1.54, 1.807) is 7.11 Å². The first-order valence-corrected chi connectivity index (χ1v) is 7.42. The number of alkyl halides is 3. The summed E-state index contributed by atoms with van der Waals surface area (Å²) in [5.74, 6) is -0.409. The highest BCUT2D eigenvalue weighted by Crippen LogP contribution is 2.28. The number of aryl methyl sites for hydroxylation is 1. The van der Waals surface area contributed by atoms with Gasteiger partial charge in [-0.25, -0.2) is 0 Å². The number of halogens is 3. The lowest BCUT2D eigenvalue weighted by Crippen LogP contribution is -2.23. The van der Waals surface area contributed by atoms with Crippen LogP contribution in [-0.2, 0) is 23.9 Å². The summed E-state index contributed by atoms with van der Waals surface area (Å²) in [6.07, 6.45) is -4.01. The van der Waals surface area contributed by atoms with Gasteiger partial charge >= 0.3 is 6.18 Å². The molecule has 0 N–H and O–H groups in total. The maximum Gasteiger partial charge on any atom is 0.455 e. The van der Waals surface area contributed by atoms with Crippen LogP contribution in [0.2, 0.25) is 0 Å². The van der Waals surface area contributed by atoms with Gasteiger partial charge in [-0.15, -0.1) is 0 Å². The van der Waals surface area contributed by atoms with Crippen LogP contribution >= 0.6 is 0 Å². The summed E-state index contributed by atoms with van der Waals surface area (Å²) < 4.78 is 52.9. The van der Waals surface area contributed by atoms with E-state index in [1.165, 1.54) is 0 Å². The van der Waals surface area contributed by atoms with E-state index in [-0.39, 0.29) is 24.5 Å². The number of methoxy groups -OCH3 is 1. The van der Waals surface area contributed by atoms with Crippen molar-refractivity contribution in [1.29, 1.82) is 0 Å². The Morgan fingerprint density at radius 3 is 2.67 bits per heavy atom. The van der Waals surface area contributed by atoms with Crippen molar-refractivity contribution in [2.24, 2.45) is 5.92 Å². The van der Waals surface area contributed by atoms with Gasteiger partial charge in [0.05, 0.1) is 18.3 Å². The normalized spacial score (nSPS) is 22.4. The van der Waals surface area contributed by atoms with Crippen LogP contribution in [0.25, 0.3) is 0 Å². The number of nitrogens with zero attached hydrogens (tertiary/aromatic N) is 4. The van der Waals surface area contributed by atoms with Gasteiger partial charge in [-0.1, -0.05) is 10.3 Å². The van der Waals surface area contributed by atoms with E-state index in [0.717, 1.165) is 11.5 Å². The van der Waals surface area contributed by atoms with Gasteiger partial charge in [0.15, 0.2) is 0 Å². The molecule has 3 heterocycles. The molecule has 0 bridgehead atoms. The van der Waals surface area contributed by atoms with E-state index in [1.807, 2.05) is 17.9 Å². The molecule has 1 saturated heterocycles. The van der Waals surface area contributed by atoms with Gasteiger partial charge in [0, 0.05) is 38.6 Å². The lowest BCUT2D eigenvalue weighted by Gasteiger charge is -2.14. The molecule has 0 amide bonds. The summed E-state index contributed by atoms with van der Waals surface area (Å²) in [6.45, 7) is 3.18. The van der Waals surface area contributed by atoms with Crippen LogP contribution < -0.4 is 0 Å². The summed E-state index contributed by atoms with van der Waals surface area (Å²) in [5.41, 5.74) is 0.805. The third-order valence-corrected chi connectivity index (χ3v) is 3.98. The molecule has 2 aromatic heterocycles. The molecular weight excluding hydrogens is 329 g/mol. The second-order valence-electron chi connectivity index (χ2n) is 5.88. The fraction of sp³-hybridized carbons (Fsp3) is 0.643. The molecule has 7 nitrogen and oxygen atoms in total. The number of rotatable bonds is 5. The smallest absolute Gasteiger partial charge is 0.380 e. The number of aromatic nitrogens is 3. The summed E-state index contributed by atoms with van der Waals surface area (Å²) in [6, 6.07) is 1.86. The monoisotopic (exact) mass is 346 g/mol. The first-order valence-electron chi connectivity index (χ1n) is 7.42. The first kappa shape index (κ1) is 16.9. The average molecular weight is 346 g/mol. The van der Waals surface area contributed by atoms with Crippen molar-refractivity contribution in [1.82, 2.24) is 20.2 Å². The molecule has 3 rings (SSSR count). The number of likely N-dealkylation sites (tertiary alicyclic amines) is 1. The summed E-state index contributed by atoms with van der Waals surface area (Å²) in [5, 5.41) is 6.82. The van der Waals surface area contributed by atoms with Gasteiger partial charge in [-0.05, 0) is 6.92 Å². The Balaban J connectivity index is 1.62. The molecule has 10 heteroatoms. The molecule has 2 atom stereocenters.